The Kier molecular flexibility index (Phi) is 5.63. The molecule has 0 aromatic heterocycles. The molecule has 0 fully saturated rings. The highest BCUT2D eigenvalue weighted by Crippen LogP contribution is 2.13. The quantitative estimate of drug-likeness (QED) is 0.658. The van der Waals surface area contributed by atoms with Gasteiger partial charge in [0.1, 0.15) is 0 Å². The van der Waals surface area contributed by atoms with Crippen LogP contribution in [0.3, 0.4) is 0 Å². The Balaban J connectivity index is 1.88. The van der Waals surface area contributed by atoms with E-state index in [1.807, 2.05) is 37.3 Å². The molecule has 0 aliphatic carbocycles. The molecule has 2 amide bonds. The Hall–Kier alpha value is -2.95. The number of rotatable bonds is 5. The van der Waals surface area contributed by atoms with Crippen molar-refractivity contribution in [2.75, 3.05) is 5.32 Å². The van der Waals surface area contributed by atoms with E-state index in [0.717, 1.165) is 11.3 Å². The summed E-state index contributed by atoms with van der Waals surface area (Å²) in [6, 6.07) is 16.3. The predicted octanol–water partition coefficient (Wildman–Crippen LogP) is 3.13. The van der Waals surface area contributed by atoms with E-state index in [-0.39, 0.29) is 18.2 Å². The van der Waals surface area contributed by atoms with Crippen molar-refractivity contribution in [2.24, 2.45) is 5.10 Å². The van der Waals surface area contributed by atoms with Gasteiger partial charge in [0.15, 0.2) is 0 Å². The molecule has 118 valence electrons. The number of nitrogens with one attached hydrogen (secondary N) is 2. The number of nitrogens with zero attached hydrogens (tertiary/aromatic N) is 1. The number of aryl methyl sites for hydroxylation is 1. The molecule has 2 aromatic carbocycles. The average molecular weight is 309 g/mol. The summed E-state index contributed by atoms with van der Waals surface area (Å²) in [6.45, 7) is 3.62. The van der Waals surface area contributed by atoms with Crippen LogP contribution in [0.25, 0.3) is 0 Å². The van der Waals surface area contributed by atoms with Gasteiger partial charge in [-0.2, -0.15) is 5.10 Å². The van der Waals surface area contributed by atoms with Crippen LogP contribution in [0.15, 0.2) is 59.7 Å². The summed E-state index contributed by atoms with van der Waals surface area (Å²) in [6.07, 6.45) is 0.114. The molecule has 0 radical (unpaired) electrons. The molecule has 0 saturated carbocycles. The molecule has 0 bridgehead atoms. The molecule has 0 aliphatic heterocycles. The molecule has 2 N–H and O–H groups in total. The van der Waals surface area contributed by atoms with Crippen LogP contribution < -0.4 is 10.7 Å². The largest absolute Gasteiger partial charge is 0.326 e. The first-order valence-electron chi connectivity index (χ1n) is 7.30. The maximum atomic E-state index is 12.0. The molecule has 2 aromatic rings. The second-order valence-corrected chi connectivity index (χ2v) is 5.19. The Bertz CT molecular complexity index is 724. The van der Waals surface area contributed by atoms with Crippen LogP contribution >= 0.6 is 0 Å². The predicted molar refractivity (Wildman–Crippen MR) is 91.4 cm³/mol. The molecule has 0 saturated heterocycles. The fourth-order valence-electron chi connectivity index (χ4n) is 1.98. The van der Waals surface area contributed by atoms with E-state index in [0.29, 0.717) is 11.3 Å². The smallest absolute Gasteiger partial charge is 0.271 e. The Morgan fingerprint density at radius 3 is 2.35 bits per heavy atom. The van der Waals surface area contributed by atoms with Gasteiger partial charge in [-0.1, -0.05) is 36.4 Å². The third kappa shape index (κ3) is 5.07. The molecule has 5 heteroatoms. The van der Waals surface area contributed by atoms with Crippen LogP contribution in [-0.4, -0.2) is 17.5 Å². The molecular weight excluding hydrogens is 290 g/mol. The number of hydrogen-bond acceptors (Lipinski definition) is 3. The van der Waals surface area contributed by atoms with Gasteiger partial charge >= 0.3 is 0 Å². The first-order chi connectivity index (χ1) is 11.1. The van der Waals surface area contributed by atoms with Crippen molar-refractivity contribution in [3.05, 3.63) is 65.7 Å². The molecule has 2 rings (SSSR count). The molecular formula is C18H19N3O2. The highest BCUT2D eigenvalue weighted by atomic mass is 16.2. The van der Waals surface area contributed by atoms with E-state index in [9.17, 15) is 9.59 Å². The number of anilines is 1. The Morgan fingerprint density at radius 1 is 1.00 bits per heavy atom. The molecule has 0 aliphatic rings. The van der Waals surface area contributed by atoms with Gasteiger partial charge in [-0.05, 0) is 37.6 Å². The van der Waals surface area contributed by atoms with E-state index in [1.54, 1.807) is 31.2 Å². The lowest BCUT2D eigenvalue weighted by Crippen LogP contribution is -2.21. The minimum Gasteiger partial charge on any atom is -0.326 e. The molecule has 0 unspecified atom stereocenters. The van der Waals surface area contributed by atoms with Crippen LogP contribution in [0.1, 0.15) is 29.3 Å². The number of hydrazone groups is 1. The molecule has 0 spiro atoms. The van der Waals surface area contributed by atoms with Gasteiger partial charge in [-0.25, -0.2) is 5.43 Å². The number of hydrogen-bond donors (Lipinski definition) is 2. The van der Waals surface area contributed by atoms with Crippen LogP contribution in [0.5, 0.6) is 0 Å². The van der Waals surface area contributed by atoms with Crippen molar-refractivity contribution in [3.63, 3.8) is 0 Å². The molecule has 0 atom stereocenters. The summed E-state index contributed by atoms with van der Waals surface area (Å²) in [5, 5.41) is 6.79. The second-order valence-electron chi connectivity index (χ2n) is 5.19. The summed E-state index contributed by atoms with van der Waals surface area (Å²) >= 11 is 0. The number of para-hydroxylation sites is 1. The molecule has 0 heterocycles. The zero-order chi connectivity index (χ0) is 16.7. The monoisotopic (exact) mass is 309 g/mol. The van der Waals surface area contributed by atoms with Gasteiger partial charge in [0.05, 0.1) is 6.42 Å². The number of carbonyl (C=O) groups is 2. The number of carbonyl (C=O) groups excluding carboxylic acids is 2. The van der Waals surface area contributed by atoms with Crippen LogP contribution in [0, 0.1) is 6.92 Å². The van der Waals surface area contributed by atoms with Crippen molar-refractivity contribution in [1.82, 2.24) is 5.43 Å². The maximum Gasteiger partial charge on any atom is 0.271 e. The fourth-order valence-corrected chi connectivity index (χ4v) is 1.98. The van der Waals surface area contributed by atoms with Gasteiger partial charge in [-0.3, -0.25) is 9.59 Å². The topological polar surface area (TPSA) is 70.6 Å². The lowest BCUT2D eigenvalue weighted by atomic mass is 10.2. The van der Waals surface area contributed by atoms with E-state index in [1.165, 1.54) is 0 Å². The highest BCUT2D eigenvalue weighted by Gasteiger charge is 2.07. The molecule has 5 nitrogen and oxygen atoms in total. The molecule has 23 heavy (non-hydrogen) atoms. The van der Waals surface area contributed by atoms with Gasteiger partial charge in [0, 0.05) is 17.0 Å². The van der Waals surface area contributed by atoms with Crippen molar-refractivity contribution in [3.8, 4) is 0 Å². The van der Waals surface area contributed by atoms with E-state index in [2.05, 4.69) is 15.8 Å². The normalized spacial score (nSPS) is 11.0. The lowest BCUT2D eigenvalue weighted by molar-refractivity contribution is -0.115. The third-order valence-electron chi connectivity index (χ3n) is 3.22. The minimum atomic E-state index is -0.302. The van der Waals surface area contributed by atoms with E-state index >= 15 is 0 Å². The summed E-state index contributed by atoms with van der Waals surface area (Å²) in [5.41, 5.74) is 5.27. The van der Waals surface area contributed by atoms with Crippen LogP contribution in [0.4, 0.5) is 5.69 Å². The highest BCUT2D eigenvalue weighted by molar-refractivity contribution is 6.06. The van der Waals surface area contributed by atoms with Gasteiger partial charge in [-0.15, -0.1) is 0 Å². The number of amides is 2. The van der Waals surface area contributed by atoms with Crippen molar-refractivity contribution >= 4 is 23.2 Å². The first-order valence-corrected chi connectivity index (χ1v) is 7.30. The summed E-state index contributed by atoms with van der Waals surface area (Å²) in [4.78, 5) is 23.8. The van der Waals surface area contributed by atoms with Crippen LogP contribution in [-0.2, 0) is 4.79 Å². The summed E-state index contributed by atoms with van der Waals surface area (Å²) in [7, 11) is 0. The fraction of sp³-hybridized carbons (Fsp3) is 0.167. The van der Waals surface area contributed by atoms with Crippen molar-refractivity contribution in [2.45, 2.75) is 20.3 Å². The van der Waals surface area contributed by atoms with Crippen LogP contribution in [0.2, 0.25) is 0 Å². The van der Waals surface area contributed by atoms with E-state index < -0.39 is 0 Å². The third-order valence-corrected chi connectivity index (χ3v) is 3.22. The number of benzene rings is 2. The second kappa shape index (κ2) is 7.89. The lowest BCUT2D eigenvalue weighted by Gasteiger charge is -2.08. The standard InChI is InChI=1S/C18H19N3O2/c1-13-8-6-7-11-16(13)19-17(22)12-14(2)20-21-18(23)15-9-4-3-5-10-15/h3-11H,12H2,1-2H3,(H,19,22)(H,21,23)/b20-14-. The average Bonchev–Trinajstić information content (AvgIpc) is 2.55. The zero-order valence-corrected chi connectivity index (χ0v) is 13.2. The SMILES string of the molecule is C/C(CC(=O)Nc1ccccc1C)=N/NC(=O)c1ccccc1. The Labute approximate surface area is 135 Å². The van der Waals surface area contributed by atoms with Crippen molar-refractivity contribution in [1.29, 1.82) is 0 Å². The summed E-state index contributed by atoms with van der Waals surface area (Å²) in [5.74, 6) is -0.473. The van der Waals surface area contributed by atoms with E-state index in [4.69, 9.17) is 0 Å². The van der Waals surface area contributed by atoms with Gasteiger partial charge < -0.3 is 5.32 Å². The maximum absolute atomic E-state index is 12.0. The zero-order valence-electron chi connectivity index (χ0n) is 13.2. The summed E-state index contributed by atoms with van der Waals surface area (Å²) < 4.78 is 0. The minimum absolute atomic E-state index is 0.114. The Morgan fingerprint density at radius 2 is 1.65 bits per heavy atom. The van der Waals surface area contributed by atoms with Gasteiger partial charge in [0.25, 0.3) is 5.91 Å². The van der Waals surface area contributed by atoms with Gasteiger partial charge in [0.2, 0.25) is 5.91 Å². The first kappa shape index (κ1) is 16.4. The van der Waals surface area contributed by atoms with Crippen molar-refractivity contribution < 1.29 is 9.59 Å².